The van der Waals surface area contributed by atoms with Crippen molar-refractivity contribution in [1.29, 1.82) is 0 Å². The normalized spacial score (nSPS) is 10.9. The van der Waals surface area contributed by atoms with Crippen LogP contribution in [0.25, 0.3) is 33.4 Å². The van der Waals surface area contributed by atoms with Crippen molar-refractivity contribution in [3.8, 4) is 39.8 Å². The van der Waals surface area contributed by atoms with Gasteiger partial charge < -0.3 is 29.9 Å². The molecule has 4 N–H and O–H groups in total. The first-order chi connectivity index (χ1) is 13.1. The summed E-state index contributed by atoms with van der Waals surface area (Å²) in [6, 6.07) is 11.9. The lowest BCUT2D eigenvalue weighted by Gasteiger charge is -2.14. The van der Waals surface area contributed by atoms with Crippen LogP contribution in [0.5, 0.6) is 17.2 Å². The molecule has 0 bridgehead atoms. The second kappa shape index (κ2) is 6.60. The van der Waals surface area contributed by atoms with Gasteiger partial charge in [0.15, 0.2) is 17.4 Å². The van der Waals surface area contributed by atoms with Gasteiger partial charge in [0.2, 0.25) is 5.75 Å². The molecule has 0 spiro atoms. The highest BCUT2D eigenvalue weighted by Crippen LogP contribution is 2.43. The number of H-pyrrole nitrogens is 2. The van der Waals surface area contributed by atoms with Gasteiger partial charge in [0.1, 0.15) is 0 Å². The lowest BCUT2D eigenvalue weighted by atomic mass is 10.0. The van der Waals surface area contributed by atoms with Crippen molar-refractivity contribution < 1.29 is 14.2 Å². The Morgan fingerprint density at radius 3 is 2.30 bits per heavy atom. The highest BCUT2D eigenvalue weighted by atomic mass is 16.5. The van der Waals surface area contributed by atoms with Crippen molar-refractivity contribution in [2.75, 3.05) is 27.1 Å². The Hall–Kier alpha value is -3.61. The maximum Gasteiger partial charge on any atom is 0.203 e. The Labute approximate surface area is 156 Å². The van der Waals surface area contributed by atoms with Gasteiger partial charge in [-0.1, -0.05) is 6.07 Å². The molecule has 2 aromatic heterocycles. The maximum atomic E-state index is 5.98. The molecule has 2 heterocycles. The molecule has 27 heavy (non-hydrogen) atoms. The third-order valence-corrected chi connectivity index (χ3v) is 4.50. The van der Waals surface area contributed by atoms with Crippen LogP contribution >= 0.6 is 0 Å². The monoisotopic (exact) mass is 364 g/mol. The van der Waals surface area contributed by atoms with Crippen LogP contribution < -0.4 is 19.9 Å². The highest BCUT2D eigenvalue weighted by Gasteiger charge is 2.19. The summed E-state index contributed by atoms with van der Waals surface area (Å²) in [5.41, 5.74) is 10.4. The number of aromatic amines is 2. The fourth-order valence-corrected chi connectivity index (χ4v) is 3.24. The Morgan fingerprint density at radius 2 is 1.63 bits per heavy atom. The average molecular weight is 364 g/mol. The molecular formula is C20H20N4O3. The number of nitrogens with zero attached hydrogens (tertiary/aromatic N) is 1. The number of anilines is 1. The van der Waals surface area contributed by atoms with E-state index < -0.39 is 0 Å². The summed E-state index contributed by atoms with van der Waals surface area (Å²) in [5, 5.41) is 1.11. The van der Waals surface area contributed by atoms with E-state index in [9.17, 15) is 0 Å². The number of methoxy groups -OCH3 is 3. The fraction of sp³-hybridized carbons (Fsp3) is 0.150. The molecule has 2 aromatic carbocycles. The smallest absolute Gasteiger partial charge is 0.203 e. The first-order valence-corrected chi connectivity index (χ1v) is 8.38. The Kier molecular flexibility index (Phi) is 4.12. The van der Waals surface area contributed by atoms with Gasteiger partial charge in [0.25, 0.3) is 0 Å². The molecule has 7 nitrogen and oxygen atoms in total. The number of fused-ring (bicyclic) bond motifs is 1. The molecule has 138 valence electrons. The maximum absolute atomic E-state index is 5.98. The second-order valence-corrected chi connectivity index (χ2v) is 6.04. The zero-order valence-corrected chi connectivity index (χ0v) is 15.3. The largest absolute Gasteiger partial charge is 0.493 e. The number of imidazole rings is 1. The van der Waals surface area contributed by atoms with Crippen LogP contribution in [0.1, 0.15) is 0 Å². The summed E-state index contributed by atoms with van der Waals surface area (Å²) in [4.78, 5) is 10.9. The van der Waals surface area contributed by atoms with Crippen LogP contribution in [0.2, 0.25) is 0 Å². The van der Waals surface area contributed by atoms with E-state index in [1.165, 1.54) is 0 Å². The van der Waals surface area contributed by atoms with E-state index in [4.69, 9.17) is 19.9 Å². The SMILES string of the molecule is COc1cc(-c2nc(N)[nH]c2-c2ccc3[nH]ccc3c2)cc(OC)c1OC. The third-order valence-electron chi connectivity index (χ3n) is 4.50. The summed E-state index contributed by atoms with van der Waals surface area (Å²) >= 11 is 0. The minimum atomic E-state index is 0.336. The van der Waals surface area contributed by atoms with E-state index >= 15 is 0 Å². The molecule has 0 aliphatic carbocycles. The number of aromatic nitrogens is 3. The highest BCUT2D eigenvalue weighted by molar-refractivity contribution is 5.88. The molecule has 4 rings (SSSR count). The van der Waals surface area contributed by atoms with Gasteiger partial charge in [0.05, 0.1) is 32.7 Å². The van der Waals surface area contributed by atoms with Crippen molar-refractivity contribution in [3.63, 3.8) is 0 Å². The van der Waals surface area contributed by atoms with Gasteiger partial charge in [-0.25, -0.2) is 4.98 Å². The van der Waals surface area contributed by atoms with Crippen molar-refractivity contribution in [1.82, 2.24) is 15.0 Å². The van der Waals surface area contributed by atoms with Gasteiger partial charge in [-0.15, -0.1) is 0 Å². The number of hydrogen-bond donors (Lipinski definition) is 3. The minimum absolute atomic E-state index is 0.336. The van der Waals surface area contributed by atoms with Crippen molar-refractivity contribution in [2.24, 2.45) is 0 Å². The molecular weight excluding hydrogens is 344 g/mol. The van der Waals surface area contributed by atoms with E-state index in [1.54, 1.807) is 21.3 Å². The molecule has 0 unspecified atom stereocenters. The van der Waals surface area contributed by atoms with Gasteiger partial charge in [0, 0.05) is 28.2 Å². The first kappa shape index (κ1) is 16.8. The summed E-state index contributed by atoms with van der Waals surface area (Å²) in [5.74, 6) is 1.98. The number of rotatable bonds is 5. The fourth-order valence-electron chi connectivity index (χ4n) is 3.24. The third kappa shape index (κ3) is 2.83. The number of nitrogens with one attached hydrogen (secondary N) is 2. The first-order valence-electron chi connectivity index (χ1n) is 8.38. The summed E-state index contributed by atoms with van der Waals surface area (Å²) in [7, 11) is 4.74. The summed E-state index contributed by atoms with van der Waals surface area (Å²) in [6.45, 7) is 0. The molecule has 0 aliphatic rings. The Morgan fingerprint density at radius 1 is 0.889 bits per heavy atom. The van der Waals surface area contributed by atoms with Gasteiger partial charge in [-0.05, 0) is 30.3 Å². The number of benzene rings is 2. The van der Waals surface area contributed by atoms with Crippen LogP contribution in [0.15, 0.2) is 42.6 Å². The molecule has 0 saturated heterocycles. The molecule has 0 amide bonds. The number of nitrogens with two attached hydrogens (primary N) is 1. The number of nitrogen functional groups attached to an aromatic ring is 1. The van der Waals surface area contributed by atoms with Crippen LogP contribution in [0.3, 0.4) is 0 Å². The predicted octanol–water partition coefficient (Wildman–Crippen LogP) is 3.83. The van der Waals surface area contributed by atoms with E-state index in [2.05, 4.69) is 21.0 Å². The van der Waals surface area contributed by atoms with Crippen LogP contribution in [0.4, 0.5) is 5.95 Å². The zero-order valence-electron chi connectivity index (χ0n) is 15.3. The van der Waals surface area contributed by atoms with Crippen LogP contribution in [-0.4, -0.2) is 36.3 Å². The molecule has 0 aliphatic heterocycles. The summed E-state index contributed by atoms with van der Waals surface area (Å²) < 4.78 is 16.3. The molecule has 0 radical (unpaired) electrons. The van der Waals surface area contributed by atoms with Gasteiger partial charge in [-0.2, -0.15) is 0 Å². The van der Waals surface area contributed by atoms with Crippen molar-refractivity contribution in [3.05, 3.63) is 42.6 Å². The van der Waals surface area contributed by atoms with Crippen LogP contribution in [0, 0.1) is 0 Å². The Bertz CT molecular complexity index is 1090. The lowest BCUT2D eigenvalue weighted by Crippen LogP contribution is -1.96. The zero-order chi connectivity index (χ0) is 19.0. The minimum Gasteiger partial charge on any atom is -0.493 e. The molecule has 4 aromatic rings. The lowest BCUT2D eigenvalue weighted by molar-refractivity contribution is 0.324. The van der Waals surface area contributed by atoms with E-state index in [-0.39, 0.29) is 0 Å². The number of hydrogen-bond acceptors (Lipinski definition) is 5. The quantitative estimate of drug-likeness (QED) is 0.500. The topological polar surface area (TPSA) is 98.2 Å². The van der Waals surface area contributed by atoms with Crippen molar-refractivity contribution in [2.45, 2.75) is 0 Å². The van der Waals surface area contributed by atoms with E-state index in [0.717, 1.165) is 27.7 Å². The Balaban J connectivity index is 1.90. The molecule has 0 saturated carbocycles. The van der Waals surface area contributed by atoms with Crippen molar-refractivity contribution >= 4 is 16.9 Å². The van der Waals surface area contributed by atoms with Gasteiger partial charge in [-0.3, -0.25) is 0 Å². The van der Waals surface area contributed by atoms with E-state index in [0.29, 0.717) is 28.9 Å². The molecule has 0 fully saturated rings. The molecule has 7 heteroatoms. The number of ether oxygens (including phenoxy) is 3. The average Bonchev–Trinajstić information content (AvgIpc) is 3.32. The molecule has 0 atom stereocenters. The summed E-state index contributed by atoms with van der Waals surface area (Å²) in [6.07, 6.45) is 1.91. The van der Waals surface area contributed by atoms with E-state index in [1.807, 2.05) is 36.5 Å². The van der Waals surface area contributed by atoms with Gasteiger partial charge >= 0.3 is 0 Å². The predicted molar refractivity (Wildman–Crippen MR) is 105 cm³/mol. The van der Waals surface area contributed by atoms with Crippen LogP contribution in [-0.2, 0) is 0 Å². The standard InChI is InChI=1S/C20H20N4O3/c1-25-15-9-13(10-16(26-2)19(15)27-3)18-17(23-20(21)24-18)12-4-5-14-11(8-12)6-7-22-14/h4-10,22H,1-3H3,(H3,21,23,24). The second-order valence-electron chi connectivity index (χ2n) is 6.04.